The molecule has 2 rings (SSSR count). The van der Waals surface area contributed by atoms with Gasteiger partial charge in [0.1, 0.15) is 0 Å². The van der Waals surface area contributed by atoms with Gasteiger partial charge in [0, 0.05) is 0 Å². The average molecular weight is 216 g/mol. The van der Waals surface area contributed by atoms with Crippen LogP contribution in [0.3, 0.4) is 0 Å². The van der Waals surface area contributed by atoms with Crippen LogP contribution in [0.1, 0.15) is 32.1 Å². The molecule has 0 N–H and O–H groups in total. The van der Waals surface area contributed by atoms with Crippen molar-refractivity contribution in [1.82, 2.24) is 0 Å². The highest BCUT2D eigenvalue weighted by Crippen LogP contribution is 2.16. The summed E-state index contributed by atoms with van der Waals surface area (Å²) < 4.78 is 21.9. The second kappa shape index (κ2) is 6.43. The Morgan fingerprint density at radius 2 is 1.07 bits per heavy atom. The van der Waals surface area contributed by atoms with Crippen molar-refractivity contribution in [3.8, 4) is 0 Å². The molecule has 0 amide bonds. The summed E-state index contributed by atoms with van der Waals surface area (Å²) in [5.41, 5.74) is 0. The molecular formula is C11H20O4. The summed E-state index contributed by atoms with van der Waals surface area (Å²) >= 11 is 0. The van der Waals surface area contributed by atoms with E-state index < -0.39 is 0 Å². The van der Waals surface area contributed by atoms with Crippen LogP contribution >= 0.6 is 0 Å². The molecule has 2 aliphatic rings. The molecule has 2 saturated heterocycles. The van der Waals surface area contributed by atoms with E-state index in [-0.39, 0.29) is 12.6 Å². The third kappa shape index (κ3) is 4.07. The van der Waals surface area contributed by atoms with E-state index in [9.17, 15) is 0 Å². The summed E-state index contributed by atoms with van der Waals surface area (Å²) in [6.07, 6.45) is 4.98. The Balaban J connectivity index is 1.53. The molecule has 0 aromatic rings. The molecule has 0 aliphatic carbocycles. The maximum Gasteiger partial charge on any atom is 0.157 e. The third-order valence-electron chi connectivity index (χ3n) is 2.67. The highest BCUT2D eigenvalue weighted by molar-refractivity contribution is 4.56. The van der Waals surface area contributed by atoms with Crippen molar-refractivity contribution in [2.45, 2.75) is 44.7 Å². The van der Waals surface area contributed by atoms with Crippen LogP contribution in [0.4, 0.5) is 0 Å². The molecule has 0 aromatic carbocycles. The monoisotopic (exact) mass is 216 g/mol. The molecule has 0 unspecified atom stereocenters. The standard InChI is InChI=1S/C11H20O4/c1(4-10-12-6-2-7-13-10)5-11-14-8-3-9-15-11/h10-11H,1-9H2. The molecule has 0 aromatic heterocycles. The number of hydrogen-bond acceptors (Lipinski definition) is 4. The minimum Gasteiger partial charge on any atom is -0.353 e. The van der Waals surface area contributed by atoms with E-state index in [0.29, 0.717) is 0 Å². The Morgan fingerprint density at radius 3 is 1.47 bits per heavy atom. The Labute approximate surface area is 90.8 Å². The molecule has 2 aliphatic heterocycles. The normalized spacial score (nSPS) is 25.6. The van der Waals surface area contributed by atoms with Crippen LogP contribution < -0.4 is 0 Å². The molecule has 88 valence electrons. The van der Waals surface area contributed by atoms with Gasteiger partial charge in [0.25, 0.3) is 0 Å². The molecule has 4 heteroatoms. The van der Waals surface area contributed by atoms with E-state index in [1.54, 1.807) is 0 Å². The van der Waals surface area contributed by atoms with Crippen LogP contribution in [0.25, 0.3) is 0 Å². The van der Waals surface area contributed by atoms with Crippen LogP contribution in [0.15, 0.2) is 0 Å². The molecule has 2 heterocycles. The first-order valence-electron chi connectivity index (χ1n) is 5.91. The zero-order valence-corrected chi connectivity index (χ0v) is 9.15. The fourth-order valence-electron chi connectivity index (χ4n) is 1.86. The molecule has 2 fully saturated rings. The Hall–Kier alpha value is -0.160. The molecule has 4 nitrogen and oxygen atoms in total. The van der Waals surface area contributed by atoms with Crippen molar-refractivity contribution in [1.29, 1.82) is 0 Å². The summed E-state index contributed by atoms with van der Waals surface area (Å²) in [4.78, 5) is 0. The topological polar surface area (TPSA) is 36.9 Å². The van der Waals surface area contributed by atoms with Gasteiger partial charge in [-0.1, -0.05) is 0 Å². The Kier molecular flexibility index (Phi) is 4.86. The quantitative estimate of drug-likeness (QED) is 0.716. The number of rotatable bonds is 4. The molecular weight excluding hydrogens is 196 g/mol. The van der Waals surface area contributed by atoms with Crippen LogP contribution in [-0.2, 0) is 18.9 Å². The van der Waals surface area contributed by atoms with E-state index >= 15 is 0 Å². The minimum atomic E-state index is 0.00217. The van der Waals surface area contributed by atoms with Gasteiger partial charge < -0.3 is 18.9 Å². The van der Waals surface area contributed by atoms with Crippen molar-refractivity contribution in [3.05, 3.63) is 0 Å². The Morgan fingerprint density at radius 1 is 0.667 bits per heavy atom. The van der Waals surface area contributed by atoms with Crippen LogP contribution in [-0.4, -0.2) is 39.0 Å². The summed E-state index contributed by atoms with van der Waals surface area (Å²) in [6.45, 7) is 3.34. The highest BCUT2D eigenvalue weighted by Gasteiger charge is 2.17. The SMILES string of the molecule is C1COC(CCCC2OCCCO2)OC1. The molecule has 0 saturated carbocycles. The van der Waals surface area contributed by atoms with E-state index in [4.69, 9.17) is 18.9 Å². The van der Waals surface area contributed by atoms with Crippen LogP contribution in [0.2, 0.25) is 0 Å². The fourth-order valence-corrected chi connectivity index (χ4v) is 1.86. The van der Waals surface area contributed by atoms with Crippen molar-refractivity contribution >= 4 is 0 Å². The van der Waals surface area contributed by atoms with Gasteiger partial charge >= 0.3 is 0 Å². The van der Waals surface area contributed by atoms with Crippen molar-refractivity contribution in [3.63, 3.8) is 0 Å². The number of ether oxygens (including phenoxy) is 4. The van der Waals surface area contributed by atoms with Gasteiger partial charge in [-0.2, -0.15) is 0 Å². The van der Waals surface area contributed by atoms with E-state index in [2.05, 4.69) is 0 Å². The second-order valence-electron chi connectivity index (χ2n) is 3.98. The summed E-state index contributed by atoms with van der Waals surface area (Å²) in [5, 5.41) is 0. The molecule has 0 atom stereocenters. The number of hydrogen-bond donors (Lipinski definition) is 0. The summed E-state index contributed by atoms with van der Waals surface area (Å²) in [7, 11) is 0. The smallest absolute Gasteiger partial charge is 0.157 e. The van der Waals surface area contributed by atoms with Gasteiger partial charge in [0.05, 0.1) is 26.4 Å². The molecule has 15 heavy (non-hydrogen) atoms. The van der Waals surface area contributed by atoms with Gasteiger partial charge in [-0.05, 0) is 32.1 Å². The van der Waals surface area contributed by atoms with Gasteiger partial charge in [-0.3, -0.25) is 0 Å². The Bertz CT molecular complexity index is 144. The predicted octanol–water partition coefficient (Wildman–Crippen LogP) is 1.68. The third-order valence-corrected chi connectivity index (χ3v) is 2.67. The molecule has 0 radical (unpaired) electrons. The van der Waals surface area contributed by atoms with E-state index in [1.165, 1.54) is 0 Å². The lowest BCUT2D eigenvalue weighted by molar-refractivity contribution is -0.194. The summed E-state index contributed by atoms with van der Waals surface area (Å²) in [5.74, 6) is 0. The van der Waals surface area contributed by atoms with Crippen molar-refractivity contribution in [2.75, 3.05) is 26.4 Å². The maximum absolute atomic E-state index is 5.46. The lowest BCUT2D eigenvalue weighted by atomic mass is 10.2. The lowest BCUT2D eigenvalue weighted by Crippen LogP contribution is -2.27. The van der Waals surface area contributed by atoms with E-state index in [1.807, 2.05) is 0 Å². The predicted molar refractivity (Wildman–Crippen MR) is 54.5 cm³/mol. The van der Waals surface area contributed by atoms with Gasteiger partial charge in [-0.15, -0.1) is 0 Å². The lowest BCUT2D eigenvalue weighted by Gasteiger charge is -2.25. The molecule has 0 bridgehead atoms. The van der Waals surface area contributed by atoms with Crippen molar-refractivity contribution < 1.29 is 18.9 Å². The second-order valence-corrected chi connectivity index (χ2v) is 3.98. The van der Waals surface area contributed by atoms with Gasteiger partial charge in [-0.25, -0.2) is 0 Å². The average Bonchev–Trinajstić information content (AvgIpc) is 2.32. The minimum absolute atomic E-state index is 0.00217. The highest BCUT2D eigenvalue weighted by atomic mass is 16.7. The zero-order valence-electron chi connectivity index (χ0n) is 9.15. The molecule has 0 spiro atoms. The van der Waals surface area contributed by atoms with Crippen molar-refractivity contribution in [2.24, 2.45) is 0 Å². The fraction of sp³-hybridized carbons (Fsp3) is 1.00. The van der Waals surface area contributed by atoms with E-state index in [0.717, 1.165) is 58.5 Å². The first kappa shape index (κ1) is 11.3. The first-order chi connectivity index (χ1) is 7.45. The van der Waals surface area contributed by atoms with Gasteiger partial charge in [0.2, 0.25) is 0 Å². The summed E-state index contributed by atoms with van der Waals surface area (Å²) in [6, 6.07) is 0. The van der Waals surface area contributed by atoms with Crippen LogP contribution in [0.5, 0.6) is 0 Å². The van der Waals surface area contributed by atoms with Crippen LogP contribution in [0, 0.1) is 0 Å². The first-order valence-corrected chi connectivity index (χ1v) is 5.91. The maximum atomic E-state index is 5.46. The largest absolute Gasteiger partial charge is 0.353 e. The zero-order chi connectivity index (χ0) is 10.3. The van der Waals surface area contributed by atoms with Gasteiger partial charge in [0.15, 0.2) is 12.6 Å².